The van der Waals surface area contributed by atoms with Gasteiger partial charge in [0.1, 0.15) is 5.82 Å². The Morgan fingerprint density at radius 1 is 1.29 bits per heavy atom. The van der Waals surface area contributed by atoms with Gasteiger partial charge in [0.2, 0.25) is 5.95 Å². The van der Waals surface area contributed by atoms with Crippen LogP contribution in [-0.4, -0.2) is 43.0 Å². The van der Waals surface area contributed by atoms with E-state index in [1.54, 1.807) is 19.2 Å². The lowest BCUT2D eigenvalue weighted by Crippen LogP contribution is -2.17. The SMILES string of the molecule is CCNc1nccc(NCCS(=O)(=O)CC)n1. The molecular weight excluding hydrogens is 240 g/mol. The second kappa shape index (κ2) is 6.39. The van der Waals surface area contributed by atoms with Crippen molar-refractivity contribution in [2.75, 3.05) is 35.2 Å². The highest BCUT2D eigenvalue weighted by atomic mass is 32.2. The molecule has 1 heterocycles. The van der Waals surface area contributed by atoms with Gasteiger partial charge >= 0.3 is 0 Å². The Morgan fingerprint density at radius 3 is 2.71 bits per heavy atom. The summed E-state index contributed by atoms with van der Waals surface area (Å²) >= 11 is 0. The first-order valence-electron chi connectivity index (χ1n) is 5.58. The smallest absolute Gasteiger partial charge is 0.224 e. The Balaban J connectivity index is 2.49. The van der Waals surface area contributed by atoms with E-state index in [9.17, 15) is 8.42 Å². The Bertz CT molecular complexity index is 447. The van der Waals surface area contributed by atoms with Gasteiger partial charge in [-0.05, 0) is 13.0 Å². The van der Waals surface area contributed by atoms with Crippen LogP contribution in [0.25, 0.3) is 0 Å². The molecule has 0 atom stereocenters. The second-order valence-corrected chi connectivity index (χ2v) is 5.93. The van der Waals surface area contributed by atoms with Gasteiger partial charge in [0, 0.05) is 25.0 Å². The molecule has 0 radical (unpaired) electrons. The maximum absolute atomic E-state index is 11.3. The molecule has 0 saturated carbocycles. The maximum Gasteiger partial charge on any atom is 0.224 e. The number of anilines is 2. The first-order chi connectivity index (χ1) is 8.07. The van der Waals surface area contributed by atoms with Crippen molar-refractivity contribution in [1.29, 1.82) is 0 Å². The molecule has 2 N–H and O–H groups in total. The lowest BCUT2D eigenvalue weighted by Gasteiger charge is -2.07. The van der Waals surface area contributed by atoms with Crippen LogP contribution in [0, 0.1) is 0 Å². The molecule has 0 aromatic carbocycles. The normalized spacial score (nSPS) is 11.2. The highest BCUT2D eigenvalue weighted by Gasteiger charge is 2.06. The summed E-state index contributed by atoms with van der Waals surface area (Å²) < 4.78 is 22.5. The third-order valence-electron chi connectivity index (χ3n) is 2.15. The molecule has 0 saturated heterocycles. The van der Waals surface area contributed by atoms with Gasteiger partial charge < -0.3 is 10.6 Å². The molecule has 0 bridgehead atoms. The third-order valence-corrected chi connectivity index (χ3v) is 3.86. The van der Waals surface area contributed by atoms with Gasteiger partial charge in [-0.3, -0.25) is 0 Å². The molecule has 0 fully saturated rings. The minimum Gasteiger partial charge on any atom is -0.369 e. The van der Waals surface area contributed by atoms with Crippen molar-refractivity contribution < 1.29 is 8.42 Å². The molecule has 1 aromatic heterocycles. The van der Waals surface area contributed by atoms with Crippen LogP contribution >= 0.6 is 0 Å². The number of sulfone groups is 1. The summed E-state index contributed by atoms with van der Waals surface area (Å²) in [5, 5.41) is 5.95. The number of hydrogen-bond acceptors (Lipinski definition) is 6. The van der Waals surface area contributed by atoms with Crippen LogP contribution < -0.4 is 10.6 Å². The van der Waals surface area contributed by atoms with Crippen molar-refractivity contribution in [3.05, 3.63) is 12.3 Å². The van der Waals surface area contributed by atoms with Crippen molar-refractivity contribution in [3.8, 4) is 0 Å². The largest absolute Gasteiger partial charge is 0.369 e. The van der Waals surface area contributed by atoms with E-state index in [4.69, 9.17) is 0 Å². The minimum atomic E-state index is -2.93. The number of aromatic nitrogens is 2. The van der Waals surface area contributed by atoms with Gasteiger partial charge in [-0.1, -0.05) is 6.92 Å². The molecule has 17 heavy (non-hydrogen) atoms. The fourth-order valence-electron chi connectivity index (χ4n) is 1.18. The van der Waals surface area contributed by atoms with Gasteiger partial charge in [-0.2, -0.15) is 4.98 Å². The lowest BCUT2D eigenvalue weighted by atomic mass is 10.5. The molecule has 0 unspecified atom stereocenters. The first kappa shape index (κ1) is 13.7. The summed E-state index contributed by atoms with van der Waals surface area (Å²) in [7, 11) is -2.93. The molecule has 96 valence electrons. The zero-order valence-electron chi connectivity index (χ0n) is 10.1. The van der Waals surface area contributed by atoms with Crippen molar-refractivity contribution in [2.45, 2.75) is 13.8 Å². The van der Waals surface area contributed by atoms with E-state index in [1.165, 1.54) is 0 Å². The molecule has 1 aromatic rings. The Morgan fingerprint density at radius 2 is 2.06 bits per heavy atom. The summed E-state index contributed by atoms with van der Waals surface area (Å²) in [4.78, 5) is 8.20. The quantitative estimate of drug-likeness (QED) is 0.751. The van der Waals surface area contributed by atoms with Gasteiger partial charge in [0.05, 0.1) is 5.75 Å². The van der Waals surface area contributed by atoms with Crippen LogP contribution in [0.1, 0.15) is 13.8 Å². The number of rotatable bonds is 7. The van der Waals surface area contributed by atoms with E-state index < -0.39 is 9.84 Å². The van der Waals surface area contributed by atoms with Gasteiger partial charge in [-0.25, -0.2) is 13.4 Å². The predicted octanol–water partition coefficient (Wildman–Crippen LogP) is 0.755. The van der Waals surface area contributed by atoms with Crippen LogP contribution in [0.3, 0.4) is 0 Å². The zero-order chi connectivity index (χ0) is 12.7. The van der Waals surface area contributed by atoms with Crippen LogP contribution in [0.15, 0.2) is 12.3 Å². The van der Waals surface area contributed by atoms with Crippen LogP contribution in [-0.2, 0) is 9.84 Å². The van der Waals surface area contributed by atoms with Crippen molar-refractivity contribution in [1.82, 2.24) is 9.97 Å². The van der Waals surface area contributed by atoms with Crippen molar-refractivity contribution in [3.63, 3.8) is 0 Å². The molecule has 6 nitrogen and oxygen atoms in total. The van der Waals surface area contributed by atoms with E-state index in [2.05, 4.69) is 20.6 Å². The first-order valence-corrected chi connectivity index (χ1v) is 7.40. The molecule has 0 aliphatic rings. The molecule has 0 spiro atoms. The summed E-state index contributed by atoms with van der Waals surface area (Å²) in [6.45, 7) is 4.70. The highest BCUT2D eigenvalue weighted by molar-refractivity contribution is 7.91. The standard InChI is InChI=1S/C10H18N4O2S/c1-3-11-10-13-6-5-9(14-10)12-7-8-17(15,16)4-2/h5-6H,3-4,7-8H2,1-2H3,(H2,11,12,13,14). The van der Waals surface area contributed by atoms with Gasteiger partial charge in [0.25, 0.3) is 0 Å². The van der Waals surface area contributed by atoms with E-state index in [-0.39, 0.29) is 11.5 Å². The predicted molar refractivity (Wildman–Crippen MR) is 69.0 cm³/mol. The molecule has 7 heteroatoms. The van der Waals surface area contributed by atoms with Crippen molar-refractivity contribution in [2.24, 2.45) is 0 Å². The molecule has 0 aliphatic carbocycles. The fourth-order valence-corrected chi connectivity index (χ4v) is 1.88. The van der Waals surface area contributed by atoms with E-state index in [0.717, 1.165) is 6.54 Å². The van der Waals surface area contributed by atoms with Gasteiger partial charge in [-0.15, -0.1) is 0 Å². The molecule has 1 rings (SSSR count). The molecule has 0 amide bonds. The van der Waals surface area contributed by atoms with Crippen LogP contribution in [0.2, 0.25) is 0 Å². The van der Waals surface area contributed by atoms with Crippen LogP contribution in [0.4, 0.5) is 11.8 Å². The zero-order valence-corrected chi connectivity index (χ0v) is 10.9. The van der Waals surface area contributed by atoms with Crippen molar-refractivity contribution >= 4 is 21.6 Å². The summed E-state index contributed by atoms with van der Waals surface area (Å²) in [6, 6.07) is 1.71. The summed E-state index contributed by atoms with van der Waals surface area (Å²) in [5.41, 5.74) is 0. The average Bonchev–Trinajstić information content (AvgIpc) is 2.30. The topological polar surface area (TPSA) is 84.0 Å². The Hall–Kier alpha value is -1.37. The fraction of sp³-hybridized carbons (Fsp3) is 0.600. The minimum absolute atomic E-state index is 0.115. The molecular formula is C10H18N4O2S. The Kier molecular flexibility index (Phi) is 5.14. The summed E-state index contributed by atoms with van der Waals surface area (Å²) in [5.74, 6) is 1.45. The van der Waals surface area contributed by atoms with E-state index >= 15 is 0 Å². The maximum atomic E-state index is 11.3. The second-order valence-electron chi connectivity index (χ2n) is 3.46. The number of hydrogen-bond donors (Lipinski definition) is 2. The molecule has 0 aliphatic heterocycles. The summed E-state index contributed by atoms with van der Waals surface area (Å²) in [6.07, 6.45) is 1.63. The highest BCUT2D eigenvalue weighted by Crippen LogP contribution is 2.05. The lowest BCUT2D eigenvalue weighted by molar-refractivity contribution is 0.597. The number of nitrogens with one attached hydrogen (secondary N) is 2. The monoisotopic (exact) mass is 258 g/mol. The third kappa shape index (κ3) is 4.99. The average molecular weight is 258 g/mol. The van der Waals surface area contributed by atoms with Crippen LogP contribution in [0.5, 0.6) is 0 Å². The number of nitrogens with zero attached hydrogens (tertiary/aromatic N) is 2. The van der Waals surface area contributed by atoms with E-state index in [0.29, 0.717) is 18.3 Å². The van der Waals surface area contributed by atoms with E-state index in [1.807, 2.05) is 6.92 Å². The Labute approximate surface area is 102 Å². The van der Waals surface area contributed by atoms with Gasteiger partial charge in [0.15, 0.2) is 9.84 Å².